The maximum absolute atomic E-state index is 3.40. The zero-order valence-corrected chi connectivity index (χ0v) is 13.3. The Morgan fingerprint density at radius 2 is 1.61 bits per heavy atom. The maximum atomic E-state index is 3.40. The van der Waals surface area contributed by atoms with Gasteiger partial charge in [0.15, 0.2) is 0 Å². The molecule has 108 valence electrons. The molecule has 1 fully saturated rings. The molecular formula is C17H35N. The lowest BCUT2D eigenvalue weighted by Gasteiger charge is -2.21. The van der Waals surface area contributed by atoms with Crippen LogP contribution in [0.1, 0.15) is 66.7 Å². The van der Waals surface area contributed by atoms with Crippen LogP contribution in [0.5, 0.6) is 0 Å². The van der Waals surface area contributed by atoms with Gasteiger partial charge in [-0.15, -0.1) is 0 Å². The van der Waals surface area contributed by atoms with Crippen LogP contribution in [-0.4, -0.2) is 13.1 Å². The van der Waals surface area contributed by atoms with E-state index >= 15 is 0 Å². The fourth-order valence-corrected chi connectivity index (χ4v) is 1.79. The highest BCUT2D eigenvalue weighted by molar-refractivity contribution is 5.00. The largest absolute Gasteiger partial charge is 0.317 e. The molecule has 0 amide bonds. The molecule has 1 heteroatoms. The lowest BCUT2D eigenvalue weighted by molar-refractivity contribution is 0.356. The summed E-state index contributed by atoms with van der Waals surface area (Å²) in [6, 6.07) is 0. The second-order valence-corrected chi connectivity index (χ2v) is 4.43. The second kappa shape index (κ2) is 18.8. The van der Waals surface area contributed by atoms with Crippen molar-refractivity contribution < 1.29 is 0 Å². The van der Waals surface area contributed by atoms with Crippen LogP contribution in [0.4, 0.5) is 0 Å². The summed E-state index contributed by atoms with van der Waals surface area (Å²) in [5.41, 5.74) is 0. The van der Waals surface area contributed by atoms with Crippen LogP contribution in [0, 0.1) is 5.92 Å². The van der Waals surface area contributed by atoms with Crippen LogP contribution in [0.2, 0.25) is 0 Å². The molecule has 1 nitrogen and oxygen atoms in total. The van der Waals surface area contributed by atoms with Gasteiger partial charge in [0.05, 0.1) is 0 Å². The van der Waals surface area contributed by atoms with E-state index in [2.05, 4.69) is 50.4 Å². The molecule has 0 saturated carbocycles. The SMILES string of the molecule is C/C=C\C=C\CCC1CCNCC1.CC.CCC. The van der Waals surface area contributed by atoms with Crippen molar-refractivity contribution in [3.63, 3.8) is 0 Å². The molecule has 0 atom stereocenters. The lowest BCUT2D eigenvalue weighted by atomic mass is 9.93. The molecule has 0 aromatic heterocycles. The number of piperidine rings is 1. The van der Waals surface area contributed by atoms with E-state index in [0.29, 0.717) is 0 Å². The van der Waals surface area contributed by atoms with Gasteiger partial charge in [-0.3, -0.25) is 0 Å². The first-order chi connectivity index (χ1) is 8.85. The third-order valence-electron chi connectivity index (χ3n) is 2.64. The fourth-order valence-electron chi connectivity index (χ4n) is 1.79. The third kappa shape index (κ3) is 15.4. The molecule has 0 spiro atoms. The zero-order valence-electron chi connectivity index (χ0n) is 13.3. The predicted octanol–water partition coefficient (Wildman–Crippen LogP) is 5.34. The van der Waals surface area contributed by atoms with Crippen molar-refractivity contribution in [2.24, 2.45) is 5.92 Å². The molecule has 1 heterocycles. The van der Waals surface area contributed by atoms with Crippen molar-refractivity contribution in [3.05, 3.63) is 24.3 Å². The van der Waals surface area contributed by atoms with Crippen LogP contribution in [-0.2, 0) is 0 Å². The molecule has 0 bridgehead atoms. The smallest absolute Gasteiger partial charge is 0.00463 e. The summed E-state index contributed by atoms with van der Waals surface area (Å²) in [7, 11) is 0. The van der Waals surface area contributed by atoms with E-state index in [9.17, 15) is 0 Å². The average molecular weight is 253 g/mol. The molecule has 1 saturated heterocycles. The van der Waals surface area contributed by atoms with Gasteiger partial charge in [0, 0.05) is 0 Å². The van der Waals surface area contributed by atoms with Crippen molar-refractivity contribution in [3.8, 4) is 0 Å². The van der Waals surface area contributed by atoms with E-state index in [4.69, 9.17) is 0 Å². The first-order valence-corrected chi connectivity index (χ1v) is 7.83. The van der Waals surface area contributed by atoms with E-state index in [1.165, 1.54) is 45.2 Å². The predicted molar refractivity (Wildman–Crippen MR) is 86.1 cm³/mol. The topological polar surface area (TPSA) is 12.0 Å². The number of nitrogens with one attached hydrogen (secondary N) is 1. The van der Waals surface area contributed by atoms with Gasteiger partial charge >= 0.3 is 0 Å². The Bertz CT molecular complexity index is 176. The third-order valence-corrected chi connectivity index (χ3v) is 2.64. The molecule has 0 unspecified atom stereocenters. The molecule has 0 aliphatic carbocycles. The average Bonchev–Trinajstić information content (AvgIpc) is 2.43. The summed E-state index contributed by atoms with van der Waals surface area (Å²) in [5, 5.41) is 3.40. The molecule has 1 aliphatic rings. The Morgan fingerprint density at radius 1 is 1.06 bits per heavy atom. The van der Waals surface area contributed by atoms with Crippen LogP contribution < -0.4 is 5.32 Å². The van der Waals surface area contributed by atoms with Gasteiger partial charge in [-0.25, -0.2) is 0 Å². The maximum Gasteiger partial charge on any atom is -0.00463 e. The summed E-state index contributed by atoms with van der Waals surface area (Å²) in [6.07, 6.45) is 15.2. The first-order valence-electron chi connectivity index (χ1n) is 7.83. The molecule has 1 aliphatic heterocycles. The second-order valence-electron chi connectivity index (χ2n) is 4.43. The summed E-state index contributed by atoms with van der Waals surface area (Å²) in [4.78, 5) is 0. The summed E-state index contributed by atoms with van der Waals surface area (Å²) in [5.74, 6) is 0.969. The quantitative estimate of drug-likeness (QED) is 0.667. The molecular weight excluding hydrogens is 218 g/mol. The fraction of sp³-hybridized carbons (Fsp3) is 0.765. The summed E-state index contributed by atoms with van der Waals surface area (Å²) in [6.45, 7) is 12.8. The molecule has 0 aromatic carbocycles. The van der Waals surface area contributed by atoms with Crippen molar-refractivity contribution in [1.29, 1.82) is 0 Å². The normalized spacial score (nSPS) is 16.1. The highest BCUT2D eigenvalue weighted by atomic mass is 14.9. The van der Waals surface area contributed by atoms with Crippen LogP contribution in [0.3, 0.4) is 0 Å². The van der Waals surface area contributed by atoms with E-state index in [1.54, 1.807) is 0 Å². The lowest BCUT2D eigenvalue weighted by Crippen LogP contribution is -2.27. The highest BCUT2D eigenvalue weighted by Crippen LogP contribution is 2.17. The first kappa shape index (κ1) is 19.8. The standard InChI is InChI=1S/C12H21N.C3H8.C2H6/c1-2-3-4-5-6-7-12-8-10-13-11-9-12;1-3-2;1-2/h2-5,12-13H,6-11H2,1H3;3H2,1-2H3;1-2H3/b3-2-,5-4+;;. The van der Waals surface area contributed by atoms with Crippen molar-refractivity contribution in [1.82, 2.24) is 5.32 Å². The Hall–Kier alpha value is -0.560. The van der Waals surface area contributed by atoms with Crippen molar-refractivity contribution in [2.45, 2.75) is 66.7 Å². The number of allylic oxidation sites excluding steroid dienone is 4. The Labute approximate surface area is 116 Å². The highest BCUT2D eigenvalue weighted by Gasteiger charge is 2.10. The molecule has 1 rings (SSSR count). The van der Waals surface area contributed by atoms with E-state index in [-0.39, 0.29) is 0 Å². The molecule has 0 radical (unpaired) electrons. The number of hydrogen-bond donors (Lipinski definition) is 1. The summed E-state index contributed by atoms with van der Waals surface area (Å²) < 4.78 is 0. The monoisotopic (exact) mass is 253 g/mol. The zero-order chi connectivity index (χ0) is 14.1. The van der Waals surface area contributed by atoms with Gasteiger partial charge < -0.3 is 5.32 Å². The van der Waals surface area contributed by atoms with Gasteiger partial charge in [-0.2, -0.15) is 0 Å². The van der Waals surface area contributed by atoms with E-state index in [0.717, 1.165) is 5.92 Å². The van der Waals surface area contributed by atoms with Gasteiger partial charge in [-0.05, 0) is 51.6 Å². The minimum Gasteiger partial charge on any atom is -0.317 e. The van der Waals surface area contributed by atoms with Gasteiger partial charge in [0.1, 0.15) is 0 Å². The minimum absolute atomic E-state index is 0.969. The van der Waals surface area contributed by atoms with Gasteiger partial charge in [0.25, 0.3) is 0 Å². The Balaban J connectivity index is 0. The van der Waals surface area contributed by atoms with E-state index < -0.39 is 0 Å². The Morgan fingerprint density at radius 3 is 2.11 bits per heavy atom. The van der Waals surface area contributed by atoms with Crippen LogP contribution >= 0.6 is 0 Å². The molecule has 1 N–H and O–H groups in total. The van der Waals surface area contributed by atoms with E-state index in [1.807, 2.05) is 13.8 Å². The van der Waals surface area contributed by atoms with Crippen molar-refractivity contribution >= 4 is 0 Å². The minimum atomic E-state index is 0.969. The summed E-state index contributed by atoms with van der Waals surface area (Å²) >= 11 is 0. The molecule has 0 aromatic rings. The number of rotatable bonds is 4. The Kier molecular flexibility index (Phi) is 20.6. The van der Waals surface area contributed by atoms with Gasteiger partial charge in [0.2, 0.25) is 0 Å². The van der Waals surface area contributed by atoms with Crippen molar-refractivity contribution in [2.75, 3.05) is 13.1 Å². The van der Waals surface area contributed by atoms with Crippen LogP contribution in [0.15, 0.2) is 24.3 Å². The number of hydrogen-bond acceptors (Lipinski definition) is 1. The van der Waals surface area contributed by atoms with Gasteiger partial charge in [-0.1, -0.05) is 58.4 Å². The van der Waals surface area contributed by atoms with Crippen LogP contribution in [0.25, 0.3) is 0 Å². The molecule has 18 heavy (non-hydrogen) atoms.